The quantitative estimate of drug-likeness (QED) is 0.282. The van der Waals surface area contributed by atoms with Gasteiger partial charge in [-0.1, -0.05) is 115 Å². The second-order valence-corrected chi connectivity index (χ2v) is 9.06. The van der Waals surface area contributed by atoms with Crippen molar-refractivity contribution in [3.05, 3.63) is 133 Å². The third-order valence-electron chi connectivity index (χ3n) is 6.87. The summed E-state index contributed by atoms with van der Waals surface area (Å²) in [6, 6.07) is 46.7. The van der Waals surface area contributed by atoms with E-state index in [9.17, 15) is 0 Å². The van der Waals surface area contributed by atoms with E-state index in [1.54, 1.807) is 0 Å². The van der Waals surface area contributed by atoms with E-state index in [-0.39, 0.29) is 0 Å². The lowest BCUT2D eigenvalue weighted by Gasteiger charge is -2.10. The summed E-state index contributed by atoms with van der Waals surface area (Å²) in [5, 5.41) is 8.35. The van der Waals surface area contributed by atoms with Gasteiger partial charge in [-0.15, -0.1) is 0 Å². The molecule has 0 saturated carbocycles. The number of para-hydroxylation sites is 2. The molecule has 0 aliphatic carbocycles. The molecule has 1 heterocycles. The maximum atomic E-state index is 6.52. The number of hydrogen-bond donors (Lipinski definition) is 1. The first-order chi connectivity index (χ1) is 17.8. The van der Waals surface area contributed by atoms with Crippen LogP contribution in [0.4, 0.5) is 11.4 Å². The van der Waals surface area contributed by atoms with Gasteiger partial charge in [0, 0.05) is 22.0 Å². The summed E-state index contributed by atoms with van der Waals surface area (Å²) in [6.07, 6.45) is 0. The van der Waals surface area contributed by atoms with Gasteiger partial charge in [-0.2, -0.15) is 0 Å². The molecule has 0 saturated heterocycles. The first-order valence-electron chi connectivity index (χ1n) is 12.2. The fourth-order valence-corrected chi connectivity index (χ4v) is 5.13. The zero-order valence-corrected chi connectivity index (χ0v) is 19.6. The Morgan fingerprint density at radius 1 is 0.417 bits per heavy atom. The Morgan fingerprint density at radius 2 is 1.03 bits per heavy atom. The zero-order valence-electron chi connectivity index (χ0n) is 19.6. The van der Waals surface area contributed by atoms with Crippen molar-refractivity contribution in [2.75, 3.05) is 5.32 Å². The SMILES string of the molecule is c1ccc(-c2cccc3c2oc2c(Nc4ccc(-c5cccc6ccccc56)cc4)cccc23)cc1. The topological polar surface area (TPSA) is 25.2 Å². The van der Waals surface area contributed by atoms with Gasteiger partial charge in [-0.25, -0.2) is 0 Å². The molecule has 0 spiro atoms. The van der Waals surface area contributed by atoms with Gasteiger partial charge in [-0.3, -0.25) is 0 Å². The molecule has 6 aromatic carbocycles. The molecule has 0 fully saturated rings. The summed E-state index contributed by atoms with van der Waals surface area (Å²) >= 11 is 0. The van der Waals surface area contributed by atoms with Crippen LogP contribution in [0.25, 0.3) is 55.0 Å². The number of furan rings is 1. The second kappa shape index (κ2) is 8.44. The van der Waals surface area contributed by atoms with Gasteiger partial charge in [0.2, 0.25) is 0 Å². The predicted molar refractivity (Wildman–Crippen MR) is 152 cm³/mol. The Balaban J connectivity index is 1.27. The van der Waals surface area contributed by atoms with Crippen molar-refractivity contribution >= 4 is 44.1 Å². The van der Waals surface area contributed by atoms with E-state index >= 15 is 0 Å². The maximum absolute atomic E-state index is 6.52. The van der Waals surface area contributed by atoms with E-state index in [1.165, 1.54) is 21.9 Å². The van der Waals surface area contributed by atoms with E-state index in [2.05, 4.69) is 133 Å². The highest BCUT2D eigenvalue weighted by atomic mass is 16.3. The van der Waals surface area contributed by atoms with Gasteiger partial charge in [-0.05, 0) is 45.7 Å². The first-order valence-corrected chi connectivity index (χ1v) is 12.2. The number of anilines is 2. The van der Waals surface area contributed by atoms with Crippen LogP contribution in [0.15, 0.2) is 138 Å². The number of rotatable bonds is 4. The molecule has 36 heavy (non-hydrogen) atoms. The van der Waals surface area contributed by atoms with Crippen LogP contribution in [0.1, 0.15) is 0 Å². The minimum Gasteiger partial charge on any atom is -0.453 e. The monoisotopic (exact) mass is 461 g/mol. The van der Waals surface area contributed by atoms with Crippen molar-refractivity contribution in [3.63, 3.8) is 0 Å². The van der Waals surface area contributed by atoms with E-state index in [0.29, 0.717) is 0 Å². The maximum Gasteiger partial charge on any atom is 0.158 e. The molecule has 1 aromatic heterocycles. The summed E-state index contributed by atoms with van der Waals surface area (Å²) in [7, 11) is 0. The number of hydrogen-bond acceptors (Lipinski definition) is 2. The summed E-state index contributed by atoms with van der Waals surface area (Å²) in [4.78, 5) is 0. The smallest absolute Gasteiger partial charge is 0.158 e. The third kappa shape index (κ3) is 3.43. The molecule has 0 amide bonds. The summed E-state index contributed by atoms with van der Waals surface area (Å²) in [5.74, 6) is 0. The van der Waals surface area contributed by atoms with Gasteiger partial charge in [0.15, 0.2) is 5.58 Å². The van der Waals surface area contributed by atoms with Crippen molar-refractivity contribution in [1.82, 2.24) is 0 Å². The van der Waals surface area contributed by atoms with E-state index in [1.807, 2.05) is 6.07 Å². The van der Waals surface area contributed by atoms with Crippen molar-refractivity contribution in [2.45, 2.75) is 0 Å². The molecule has 0 aliphatic heterocycles. The van der Waals surface area contributed by atoms with Crippen LogP contribution in [0.5, 0.6) is 0 Å². The van der Waals surface area contributed by atoms with Crippen LogP contribution in [-0.4, -0.2) is 0 Å². The predicted octanol–water partition coefficient (Wildman–Crippen LogP) is 9.82. The summed E-state index contributed by atoms with van der Waals surface area (Å²) in [5.41, 5.74) is 8.47. The molecule has 170 valence electrons. The second-order valence-electron chi connectivity index (χ2n) is 9.06. The van der Waals surface area contributed by atoms with Crippen LogP contribution in [0.2, 0.25) is 0 Å². The number of benzene rings is 6. The van der Waals surface area contributed by atoms with Gasteiger partial charge >= 0.3 is 0 Å². The highest BCUT2D eigenvalue weighted by Gasteiger charge is 2.14. The molecule has 0 atom stereocenters. The molecule has 0 bridgehead atoms. The molecule has 0 unspecified atom stereocenters. The standard InChI is InChI=1S/C34H23NO/c1-2-9-24(10-3-1)29-15-7-16-30-31-17-8-18-32(34(31)36-33(29)30)35-26-21-19-25(20-22-26)28-14-6-12-23-11-4-5-13-27(23)28/h1-22,35H. The highest BCUT2D eigenvalue weighted by molar-refractivity contribution is 6.12. The average Bonchev–Trinajstić information content (AvgIpc) is 3.34. The molecule has 0 radical (unpaired) electrons. The van der Waals surface area contributed by atoms with Gasteiger partial charge in [0.25, 0.3) is 0 Å². The zero-order chi connectivity index (χ0) is 23.9. The lowest BCUT2D eigenvalue weighted by Crippen LogP contribution is -1.90. The van der Waals surface area contributed by atoms with Crippen molar-refractivity contribution in [3.8, 4) is 22.3 Å². The lowest BCUT2D eigenvalue weighted by atomic mass is 9.98. The van der Waals surface area contributed by atoms with E-state index < -0.39 is 0 Å². The fraction of sp³-hybridized carbons (Fsp3) is 0. The molecule has 7 rings (SSSR count). The van der Waals surface area contributed by atoms with Crippen molar-refractivity contribution in [1.29, 1.82) is 0 Å². The van der Waals surface area contributed by atoms with Crippen molar-refractivity contribution in [2.24, 2.45) is 0 Å². The van der Waals surface area contributed by atoms with Crippen LogP contribution in [-0.2, 0) is 0 Å². The van der Waals surface area contributed by atoms with Gasteiger partial charge < -0.3 is 9.73 Å². The van der Waals surface area contributed by atoms with E-state index in [4.69, 9.17) is 4.42 Å². The average molecular weight is 462 g/mol. The van der Waals surface area contributed by atoms with Crippen LogP contribution in [0.3, 0.4) is 0 Å². The Bertz CT molecular complexity index is 1840. The lowest BCUT2D eigenvalue weighted by molar-refractivity contribution is 0.671. The molecule has 2 nitrogen and oxygen atoms in total. The summed E-state index contributed by atoms with van der Waals surface area (Å²) < 4.78 is 6.52. The Morgan fingerprint density at radius 3 is 1.89 bits per heavy atom. The Labute approximate surface area is 209 Å². The highest BCUT2D eigenvalue weighted by Crippen LogP contribution is 2.39. The van der Waals surface area contributed by atoms with E-state index in [0.717, 1.165) is 44.4 Å². The van der Waals surface area contributed by atoms with Crippen molar-refractivity contribution < 1.29 is 4.42 Å². The number of nitrogens with one attached hydrogen (secondary N) is 1. The van der Waals surface area contributed by atoms with Crippen LogP contribution < -0.4 is 5.32 Å². The summed E-state index contributed by atoms with van der Waals surface area (Å²) in [6.45, 7) is 0. The molecule has 2 heteroatoms. The van der Waals surface area contributed by atoms with Crippen LogP contribution in [0, 0.1) is 0 Å². The largest absolute Gasteiger partial charge is 0.453 e. The molecule has 0 aliphatic rings. The Kier molecular flexibility index (Phi) is 4.82. The first kappa shape index (κ1) is 20.5. The fourth-order valence-electron chi connectivity index (χ4n) is 5.13. The molecule has 7 aromatic rings. The minimum atomic E-state index is 0.869. The third-order valence-corrected chi connectivity index (χ3v) is 6.87. The number of fused-ring (bicyclic) bond motifs is 4. The molecular weight excluding hydrogens is 438 g/mol. The van der Waals surface area contributed by atoms with Gasteiger partial charge in [0.05, 0.1) is 5.69 Å². The molecular formula is C34H23NO. The Hall–Kier alpha value is -4.82. The van der Waals surface area contributed by atoms with Gasteiger partial charge in [0.1, 0.15) is 5.58 Å². The minimum absolute atomic E-state index is 0.869. The molecule has 1 N–H and O–H groups in total. The van der Waals surface area contributed by atoms with Crippen LogP contribution >= 0.6 is 0 Å². The normalized spacial score (nSPS) is 11.3.